The molecule has 0 heterocycles. The zero-order valence-electron chi connectivity index (χ0n) is 7.01. The Bertz CT molecular complexity index is 307. The first kappa shape index (κ1) is 10.8. The first-order valence-electron chi connectivity index (χ1n) is 3.73. The predicted octanol–water partition coefficient (Wildman–Crippen LogP) is 1.91. The summed E-state index contributed by atoms with van der Waals surface area (Å²) in [6.07, 6.45) is 0. The number of alkyl halides is 2. The van der Waals surface area contributed by atoms with Crippen LogP contribution in [0.5, 0.6) is 5.75 Å². The quantitative estimate of drug-likeness (QED) is 0.741. The summed E-state index contributed by atoms with van der Waals surface area (Å²) in [7, 11) is 0. The number of halogens is 3. The standard InChI is InChI=1S/C8H8F3NO2/c9-7-3-6(14-8(10)11)2-1-5(7)4-12-13/h1-3,8,12-13H,4H2. The van der Waals surface area contributed by atoms with E-state index in [-0.39, 0.29) is 17.9 Å². The van der Waals surface area contributed by atoms with Crippen molar-refractivity contribution in [2.24, 2.45) is 0 Å². The predicted molar refractivity (Wildman–Crippen MR) is 41.7 cm³/mol. The van der Waals surface area contributed by atoms with Gasteiger partial charge in [0.25, 0.3) is 0 Å². The van der Waals surface area contributed by atoms with Crippen molar-refractivity contribution in [1.29, 1.82) is 0 Å². The second-order valence-corrected chi connectivity index (χ2v) is 2.47. The summed E-state index contributed by atoms with van der Waals surface area (Å²) in [4.78, 5) is 0. The number of benzene rings is 1. The Morgan fingerprint density at radius 1 is 1.43 bits per heavy atom. The van der Waals surface area contributed by atoms with Crippen molar-refractivity contribution in [1.82, 2.24) is 5.48 Å². The average Bonchev–Trinajstić information content (AvgIpc) is 2.09. The molecule has 0 aliphatic rings. The van der Waals surface area contributed by atoms with Crippen LogP contribution < -0.4 is 10.2 Å². The van der Waals surface area contributed by atoms with Gasteiger partial charge in [-0.05, 0) is 6.07 Å². The lowest BCUT2D eigenvalue weighted by molar-refractivity contribution is -0.0500. The Kier molecular flexibility index (Phi) is 3.73. The van der Waals surface area contributed by atoms with E-state index in [0.29, 0.717) is 0 Å². The highest BCUT2D eigenvalue weighted by molar-refractivity contribution is 5.28. The van der Waals surface area contributed by atoms with E-state index in [9.17, 15) is 13.2 Å². The van der Waals surface area contributed by atoms with Crippen molar-refractivity contribution >= 4 is 0 Å². The maximum atomic E-state index is 13.0. The summed E-state index contributed by atoms with van der Waals surface area (Å²) in [5.41, 5.74) is 1.92. The van der Waals surface area contributed by atoms with E-state index in [2.05, 4.69) is 4.74 Å². The van der Waals surface area contributed by atoms with Crippen LogP contribution in [0.3, 0.4) is 0 Å². The summed E-state index contributed by atoms with van der Waals surface area (Å²) in [6.45, 7) is -3.07. The van der Waals surface area contributed by atoms with Crippen LogP contribution >= 0.6 is 0 Å². The van der Waals surface area contributed by atoms with Gasteiger partial charge in [0, 0.05) is 18.2 Å². The lowest BCUT2D eigenvalue weighted by Gasteiger charge is -2.06. The van der Waals surface area contributed by atoms with Gasteiger partial charge in [0.1, 0.15) is 11.6 Å². The van der Waals surface area contributed by atoms with E-state index in [1.54, 1.807) is 5.48 Å². The molecular weight excluding hydrogens is 199 g/mol. The van der Waals surface area contributed by atoms with Gasteiger partial charge in [0.15, 0.2) is 0 Å². The molecule has 0 saturated carbocycles. The fourth-order valence-corrected chi connectivity index (χ4v) is 0.933. The minimum absolute atomic E-state index is 0.0964. The summed E-state index contributed by atoms with van der Waals surface area (Å²) in [6, 6.07) is 3.27. The number of rotatable bonds is 4. The van der Waals surface area contributed by atoms with Crippen molar-refractivity contribution in [2.45, 2.75) is 13.2 Å². The molecule has 2 N–H and O–H groups in total. The zero-order valence-corrected chi connectivity index (χ0v) is 7.01. The second-order valence-electron chi connectivity index (χ2n) is 2.47. The van der Waals surface area contributed by atoms with Crippen molar-refractivity contribution in [3.63, 3.8) is 0 Å². The molecule has 0 spiro atoms. The molecule has 0 unspecified atom stereocenters. The van der Waals surface area contributed by atoms with Crippen LogP contribution in [0.25, 0.3) is 0 Å². The summed E-state index contributed by atoms with van der Waals surface area (Å²) in [5.74, 6) is -0.969. The fraction of sp³-hybridized carbons (Fsp3) is 0.250. The maximum absolute atomic E-state index is 13.0. The molecule has 78 valence electrons. The highest BCUT2D eigenvalue weighted by Crippen LogP contribution is 2.18. The monoisotopic (exact) mass is 207 g/mol. The van der Waals surface area contributed by atoms with Gasteiger partial charge in [-0.3, -0.25) is 0 Å². The smallest absolute Gasteiger partial charge is 0.387 e. The third-order valence-electron chi connectivity index (χ3n) is 1.52. The van der Waals surface area contributed by atoms with E-state index < -0.39 is 12.4 Å². The number of ether oxygens (including phenoxy) is 1. The Morgan fingerprint density at radius 3 is 2.64 bits per heavy atom. The van der Waals surface area contributed by atoms with E-state index in [1.165, 1.54) is 12.1 Å². The van der Waals surface area contributed by atoms with Crippen LogP contribution in [0.1, 0.15) is 5.56 Å². The third kappa shape index (κ3) is 2.90. The van der Waals surface area contributed by atoms with Crippen LogP contribution in [-0.4, -0.2) is 11.8 Å². The third-order valence-corrected chi connectivity index (χ3v) is 1.52. The van der Waals surface area contributed by atoms with Gasteiger partial charge in [-0.15, -0.1) is 0 Å². The van der Waals surface area contributed by atoms with Gasteiger partial charge in [-0.25, -0.2) is 9.87 Å². The Balaban J connectivity index is 2.78. The van der Waals surface area contributed by atoms with Crippen LogP contribution in [0.2, 0.25) is 0 Å². The first-order chi connectivity index (χ1) is 6.63. The number of hydrogen-bond donors (Lipinski definition) is 2. The van der Waals surface area contributed by atoms with Gasteiger partial charge < -0.3 is 9.94 Å². The van der Waals surface area contributed by atoms with Crippen LogP contribution in [0, 0.1) is 5.82 Å². The van der Waals surface area contributed by atoms with E-state index in [1.807, 2.05) is 0 Å². The molecule has 0 bridgehead atoms. The van der Waals surface area contributed by atoms with Gasteiger partial charge in [0.05, 0.1) is 0 Å². The molecular formula is C8H8F3NO2. The number of hydroxylamine groups is 1. The largest absolute Gasteiger partial charge is 0.435 e. The van der Waals surface area contributed by atoms with Crippen LogP contribution in [0.4, 0.5) is 13.2 Å². The molecule has 1 aromatic rings. The molecule has 0 saturated heterocycles. The molecule has 3 nitrogen and oxygen atoms in total. The van der Waals surface area contributed by atoms with Crippen molar-refractivity contribution < 1.29 is 23.1 Å². The molecule has 0 atom stereocenters. The minimum Gasteiger partial charge on any atom is -0.435 e. The topological polar surface area (TPSA) is 41.5 Å². The molecule has 0 radical (unpaired) electrons. The maximum Gasteiger partial charge on any atom is 0.387 e. The number of hydrogen-bond acceptors (Lipinski definition) is 3. The lowest BCUT2D eigenvalue weighted by atomic mass is 10.2. The lowest BCUT2D eigenvalue weighted by Crippen LogP contribution is -2.08. The Labute approximate surface area is 78.1 Å². The van der Waals surface area contributed by atoms with Crippen molar-refractivity contribution in [3.05, 3.63) is 29.6 Å². The van der Waals surface area contributed by atoms with Gasteiger partial charge in [0.2, 0.25) is 0 Å². The average molecular weight is 207 g/mol. The van der Waals surface area contributed by atoms with Gasteiger partial charge in [-0.2, -0.15) is 8.78 Å². The Hall–Kier alpha value is -1.27. The summed E-state index contributed by atoms with van der Waals surface area (Å²) in [5, 5.41) is 8.29. The minimum atomic E-state index is -2.98. The molecule has 0 fully saturated rings. The number of nitrogens with one attached hydrogen (secondary N) is 1. The van der Waals surface area contributed by atoms with Gasteiger partial charge >= 0.3 is 6.61 Å². The normalized spacial score (nSPS) is 10.6. The van der Waals surface area contributed by atoms with E-state index in [4.69, 9.17) is 5.21 Å². The van der Waals surface area contributed by atoms with Crippen molar-refractivity contribution in [3.8, 4) is 5.75 Å². The second kappa shape index (κ2) is 4.83. The highest BCUT2D eigenvalue weighted by Gasteiger charge is 2.07. The summed E-state index contributed by atoms with van der Waals surface area (Å²) < 4.78 is 40.4. The van der Waals surface area contributed by atoms with Crippen molar-refractivity contribution in [2.75, 3.05) is 0 Å². The molecule has 0 aromatic heterocycles. The molecule has 1 rings (SSSR count). The zero-order chi connectivity index (χ0) is 10.6. The van der Waals surface area contributed by atoms with Crippen LogP contribution in [0.15, 0.2) is 18.2 Å². The molecule has 14 heavy (non-hydrogen) atoms. The summed E-state index contributed by atoms with van der Waals surface area (Å²) >= 11 is 0. The molecule has 6 heteroatoms. The Morgan fingerprint density at radius 2 is 2.14 bits per heavy atom. The fourth-order valence-electron chi connectivity index (χ4n) is 0.933. The molecule has 0 aliphatic carbocycles. The van der Waals surface area contributed by atoms with E-state index >= 15 is 0 Å². The van der Waals surface area contributed by atoms with E-state index in [0.717, 1.165) is 6.07 Å². The molecule has 1 aromatic carbocycles. The van der Waals surface area contributed by atoms with Crippen LogP contribution in [-0.2, 0) is 6.54 Å². The SMILES string of the molecule is ONCc1ccc(OC(F)F)cc1F. The first-order valence-corrected chi connectivity index (χ1v) is 3.73. The highest BCUT2D eigenvalue weighted by atomic mass is 19.3. The molecule has 0 aliphatic heterocycles. The molecule has 0 amide bonds. The van der Waals surface area contributed by atoms with Gasteiger partial charge in [-0.1, -0.05) is 6.07 Å².